The number of phenolic OH excluding ortho intramolecular Hbond substituents is 2. The molecule has 0 spiro atoms. The summed E-state index contributed by atoms with van der Waals surface area (Å²) in [5.41, 5.74) is 0.279. The summed E-state index contributed by atoms with van der Waals surface area (Å²) in [5.74, 6) is -1.28. The lowest BCUT2D eigenvalue weighted by Gasteiger charge is -2.44. The number of thioether (sulfide) groups is 1. The zero-order valence-electron chi connectivity index (χ0n) is 19.6. The van der Waals surface area contributed by atoms with Crippen molar-refractivity contribution < 1.29 is 34.1 Å². The van der Waals surface area contributed by atoms with Crippen LogP contribution in [0.3, 0.4) is 0 Å². The van der Waals surface area contributed by atoms with E-state index in [0.717, 1.165) is 17.3 Å². The minimum atomic E-state index is -0.837. The third kappa shape index (κ3) is 8.87. The standard InChI is InChI=1S/C23H34N2O7S/c1-22(2)14-31-23(3,4)32-20(22)21(30)25-10-9-18(28)24-11-12-33-19(29)8-6-15-5-7-16(26)17(27)13-15/h5,7,13,20,26-27H,6,8-12,14H2,1-4H3,(H,24,28)(H,25,30)/t20-/m0/s1. The van der Waals surface area contributed by atoms with Crippen molar-refractivity contribution in [1.29, 1.82) is 0 Å². The smallest absolute Gasteiger partial charge is 0.249 e. The Balaban J connectivity index is 1.59. The van der Waals surface area contributed by atoms with Gasteiger partial charge < -0.3 is 30.3 Å². The van der Waals surface area contributed by atoms with Gasteiger partial charge in [-0.25, -0.2) is 0 Å². The normalized spacial score (nSPS) is 19.0. The molecule has 0 radical (unpaired) electrons. The van der Waals surface area contributed by atoms with E-state index in [4.69, 9.17) is 9.47 Å². The van der Waals surface area contributed by atoms with E-state index < -0.39 is 17.3 Å². The van der Waals surface area contributed by atoms with Crippen molar-refractivity contribution in [2.24, 2.45) is 5.41 Å². The molecular formula is C23H34N2O7S. The maximum atomic E-state index is 12.5. The molecule has 0 bridgehead atoms. The van der Waals surface area contributed by atoms with Gasteiger partial charge in [0, 0.05) is 37.1 Å². The second kappa shape index (κ2) is 11.7. The van der Waals surface area contributed by atoms with Gasteiger partial charge in [-0.2, -0.15) is 0 Å². The van der Waals surface area contributed by atoms with Crippen LogP contribution in [0.5, 0.6) is 11.5 Å². The molecular weight excluding hydrogens is 448 g/mol. The Morgan fingerprint density at radius 3 is 2.48 bits per heavy atom. The largest absolute Gasteiger partial charge is 0.504 e. The van der Waals surface area contributed by atoms with Crippen LogP contribution >= 0.6 is 11.8 Å². The van der Waals surface area contributed by atoms with Crippen LogP contribution in [-0.2, 0) is 30.3 Å². The van der Waals surface area contributed by atoms with E-state index in [1.165, 1.54) is 12.1 Å². The Morgan fingerprint density at radius 1 is 1.06 bits per heavy atom. The molecule has 9 nitrogen and oxygen atoms in total. The molecule has 1 fully saturated rings. The first-order valence-electron chi connectivity index (χ1n) is 10.9. The monoisotopic (exact) mass is 482 g/mol. The average molecular weight is 483 g/mol. The Labute approximate surface area is 198 Å². The summed E-state index contributed by atoms with van der Waals surface area (Å²) >= 11 is 1.13. The summed E-state index contributed by atoms with van der Waals surface area (Å²) < 4.78 is 11.4. The highest BCUT2D eigenvalue weighted by atomic mass is 32.2. The van der Waals surface area contributed by atoms with Crippen LogP contribution in [0.2, 0.25) is 0 Å². The fraction of sp³-hybridized carbons (Fsp3) is 0.609. The fourth-order valence-electron chi connectivity index (χ4n) is 3.20. The van der Waals surface area contributed by atoms with Gasteiger partial charge in [-0.1, -0.05) is 31.7 Å². The lowest BCUT2D eigenvalue weighted by Crippen LogP contribution is -2.56. The Morgan fingerprint density at radius 2 is 1.79 bits per heavy atom. The molecule has 4 N–H and O–H groups in total. The van der Waals surface area contributed by atoms with Gasteiger partial charge in [0.25, 0.3) is 0 Å². The van der Waals surface area contributed by atoms with Crippen LogP contribution in [0, 0.1) is 5.41 Å². The average Bonchev–Trinajstić information content (AvgIpc) is 2.74. The minimum absolute atomic E-state index is 0.0222. The summed E-state index contributed by atoms with van der Waals surface area (Å²) in [6.07, 6.45) is 0.200. The van der Waals surface area contributed by atoms with Crippen LogP contribution in [0.15, 0.2) is 18.2 Å². The van der Waals surface area contributed by atoms with Gasteiger partial charge in [0.05, 0.1) is 6.61 Å². The number of aromatic hydroxyl groups is 2. The van der Waals surface area contributed by atoms with Crippen molar-refractivity contribution in [3.8, 4) is 11.5 Å². The number of amides is 2. The summed E-state index contributed by atoms with van der Waals surface area (Å²) in [6, 6.07) is 4.48. The number of carbonyl (C=O) groups is 3. The molecule has 0 aromatic heterocycles. The van der Waals surface area contributed by atoms with Gasteiger partial charge in [0.2, 0.25) is 11.8 Å². The van der Waals surface area contributed by atoms with E-state index in [9.17, 15) is 24.6 Å². The molecule has 1 aromatic rings. The highest BCUT2D eigenvalue weighted by Gasteiger charge is 2.45. The van der Waals surface area contributed by atoms with Gasteiger partial charge in [-0.3, -0.25) is 14.4 Å². The molecule has 1 aliphatic heterocycles. The van der Waals surface area contributed by atoms with Crippen molar-refractivity contribution in [3.05, 3.63) is 23.8 Å². The van der Waals surface area contributed by atoms with Crippen LogP contribution in [0.25, 0.3) is 0 Å². The first-order chi connectivity index (χ1) is 15.4. The zero-order valence-corrected chi connectivity index (χ0v) is 20.4. The first kappa shape index (κ1) is 26.9. The molecule has 2 rings (SSSR count). The highest BCUT2D eigenvalue weighted by Crippen LogP contribution is 2.34. The lowest BCUT2D eigenvalue weighted by atomic mass is 9.85. The quantitative estimate of drug-likeness (QED) is 0.294. The molecule has 10 heteroatoms. The Hall–Kier alpha value is -2.30. The predicted molar refractivity (Wildman–Crippen MR) is 125 cm³/mol. The zero-order chi connectivity index (χ0) is 24.6. The number of aryl methyl sites for hydroxylation is 1. The molecule has 33 heavy (non-hydrogen) atoms. The number of carbonyl (C=O) groups excluding carboxylic acids is 3. The van der Waals surface area contributed by atoms with Crippen LogP contribution in [0.4, 0.5) is 0 Å². The van der Waals surface area contributed by atoms with Gasteiger partial charge in [0.15, 0.2) is 22.4 Å². The SMILES string of the molecule is CC1(C)OCC(C)(C)[C@H](C(=O)NCCC(=O)NCCSC(=O)CCc2ccc(O)c(O)c2)O1. The number of ether oxygens (including phenoxy) is 2. The van der Waals surface area contributed by atoms with Gasteiger partial charge in [-0.05, 0) is 38.0 Å². The first-order valence-corrected chi connectivity index (χ1v) is 11.9. The van der Waals surface area contributed by atoms with Crippen molar-refractivity contribution in [2.45, 2.75) is 58.8 Å². The molecule has 1 aliphatic rings. The number of rotatable bonds is 10. The molecule has 0 unspecified atom stereocenters. The predicted octanol–water partition coefficient (Wildman–Crippen LogP) is 2.09. The van der Waals surface area contributed by atoms with Gasteiger partial charge in [-0.15, -0.1) is 0 Å². The van der Waals surface area contributed by atoms with E-state index in [-0.39, 0.29) is 47.8 Å². The second-order valence-corrected chi connectivity index (χ2v) is 10.3. The van der Waals surface area contributed by atoms with E-state index in [1.54, 1.807) is 19.9 Å². The van der Waals surface area contributed by atoms with Gasteiger partial charge >= 0.3 is 0 Å². The number of phenols is 2. The topological polar surface area (TPSA) is 134 Å². The molecule has 1 aromatic carbocycles. The number of hydrogen-bond acceptors (Lipinski definition) is 8. The number of nitrogens with one attached hydrogen (secondary N) is 2. The molecule has 2 amide bonds. The summed E-state index contributed by atoms with van der Waals surface area (Å²) in [6.45, 7) is 8.24. The molecule has 0 saturated carbocycles. The molecule has 0 aliphatic carbocycles. The number of benzene rings is 1. The minimum Gasteiger partial charge on any atom is -0.504 e. The maximum Gasteiger partial charge on any atom is 0.249 e. The molecule has 184 valence electrons. The van der Waals surface area contributed by atoms with E-state index in [1.807, 2.05) is 13.8 Å². The summed E-state index contributed by atoms with van der Waals surface area (Å²) in [4.78, 5) is 36.5. The van der Waals surface area contributed by atoms with Gasteiger partial charge in [0.1, 0.15) is 6.10 Å². The third-order valence-corrected chi connectivity index (χ3v) is 6.07. The van der Waals surface area contributed by atoms with Crippen LogP contribution in [-0.4, -0.2) is 64.5 Å². The maximum absolute atomic E-state index is 12.5. The van der Waals surface area contributed by atoms with Crippen LogP contribution < -0.4 is 10.6 Å². The van der Waals surface area contributed by atoms with E-state index in [2.05, 4.69) is 10.6 Å². The highest BCUT2D eigenvalue weighted by molar-refractivity contribution is 8.13. The van der Waals surface area contributed by atoms with Crippen LogP contribution in [0.1, 0.15) is 46.1 Å². The summed E-state index contributed by atoms with van der Waals surface area (Å²) in [7, 11) is 0. The van der Waals surface area contributed by atoms with Crippen molar-refractivity contribution >= 4 is 28.7 Å². The van der Waals surface area contributed by atoms with E-state index in [0.29, 0.717) is 25.3 Å². The Bertz CT molecular complexity index is 857. The van der Waals surface area contributed by atoms with Crippen molar-refractivity contribution in [2.75, 3.05) is 25.4 Å². The second-order valence-electron chi connectivity index (χ2n) is 9.11. The van der Waals surface area contributed by atoms with E-state index >= 15 is 0 Å². The number of hydrogen-bond donors (Lipinski definition) is 4. The molecule has 1 atom stereocenters. The summed E-state index contributed by atoms with van der Waals surface area (Å²) in [5, 5.41) is 24.2. The van der Waals surface area contributed by atoms with Crippen molar-refractivity contribution in [3.63, 3.8) is 0 Å². The lowest BCUT2D eigenvalue weighted by molar-refractivity contribution is -0.304. The Kier molecular flexibility index (Phi) is 9.57. The fourth-order valence-corrected chi connectivity index (χ4v) is 3.88. The third-order valence-electron chi connectivity index (χ3n) is 5.14. The van der Waals surface area contributed by atoms with Crippen molar-refractivity contribution in [1.82, 2.24) is 10.6 Å². The molecule has 1 saturated heterocycles. The molecule has 1 heterocycles.